The van der Waals surface area contributed by atoms with Crippen LogP contribution in [0.25, 0.3) is 0 Å². The zero-order valence-electron chi connectivity index (χ0n) is 9.81. The maximum atomic E-state index is 11.3. The fraction of sp³-hybridized carbons (Fsp3) is 0.556. The molecule has 0 aromatic carbocycles. The fourth-order valence-corrected chi connectivity index (χ4v) is 0.889. The Hall–Kier alpha value is -2.12. The van der Waals surface area contributed by atoms with E-state index in [1.807, 2.05) is 0 Å². The SMILES string of the molecule is CC(C)(C)OC(=O)NCc1nc(C(N)=O)no1. The second-order valence-electron chi connectivity index (χ2n) is 4.23. The second kappa shape index (κ2) is 4.81. The summed E-state index contributed by atoms with van der Waals surface area (Å²) in [6, 6.07) is 0. The van der Waals surface area contributed by atoms with Crippen LogP contribution in [0.4, 0.5) is 4.79 Å². The van der Waals surface area contributed by atoms with Gasteiger partial charge in [0.1, 0.15) is 12.1 Å². The van der Waals surface area contributed by atoms with Gasteiger partial charge in [0.2, 0.25) is 5.89 Å². The number of nitrogens with one attached hydrogen (secondary N) is 1. The first kappa shape index (κ1) is 12.9. The number of aromatic nitrogens is 2. The van der Waals surface area contributed by atoms with Crippen LogP contribution in [0.1, 0.15) is 37.3 Å². The lowest BCUT2D eigenvalue weighted by Crippen LogP contribution is -2.32. The van der Waals surface area contributed by atoms with Crippen LogP contribution >= 0.6 is 0 Å². The van der Waals surface area contributed by atoms with E-state index in [9.17, 15) is 9.59 Å². The Morgan fingerprint density at radius 3 is 2.59 bits per heavy atom. The molecule has 0 unspecified atom stereocenters. The Morgan fingerprint density at radius 2 is 2.12 bits per heavy atom. The van der Waals surface area contributed by atoms with Crippen molar-refractivity contribution < 1.29 is 18.8 Å². The van der Waals surface area contributed by atoms with Crippen LogP contribution in [0.15, 0.2) is 4.52 Å². The van der Waals surface area contributed by atoms with E-state index in [0.717, 1.165) is 0 Å². The van der Waals surface area contributed by atoms with Gasteiger partial charge in [-0.05, 0) is 20.8 Å². The summed E-state index contributed by atoms with van der Waals surface area (Å²) in [5.41, 5.74) is 4.34. The van der Waals surface area contributed by atoms with Crippen molar-refractivity contribution in [1.82, 2.24) is 15.5 Å². The molecule has 2 amide bonds. The normalized spacial score (nSPS) is 11.0. The summed E-state index contributed by atoms with van der Waals surface area (Å²) in [5, 5.41) is 5.71. The standard InChI is InChI=1S/C9H14N4O4/c1-9(2,3)16-8(15)11-4-5-12-7(6(10)14)13-17-5/h4H2,1-3H3,(H2,10,14)(H,11,15). The van der Waals surface area contributed by atoms with Crippen LogP contribution in [0.2, 0.25) is 0 Å². The van der Waals surface area contributed by atoms with Crippen LogP contribution in [0.5, 0.6) is 0 Å². The van der Waals surface area contributed by atoms with Gasteiger partial charge in [-0.25, -0.2) is 4.79 Å². The molecule has 0 atom stereocenters. The molecule has 1 aromatic rings. The van der Waals surface area contributed by atoms with Gasteiger partial charge in [0.25, 0.3) is 11.7 Å². The van der Waals surface area contributed by atoms with E-state index >= 15 is 0 Å². The highest BCUT2D eigenvalue weighted by Crippen LogP contribution is 2.06. The molecule has 1 aromatic heterocycles. The maximum absolute atomic E-state index is 11.3. The number of rotatable bonds is 3. The third kappa shape index (κ3) is 4.49. The van der Waals surface area contributed by atoms with Crippen molar-refractivity contribution in [2.45, 2.75) is 32.9 Å². The quantitative estimate of drug-likeness (QED) is 0.780. The van der Waals surface area contributed by atoms with Gasteiger partial charge >= 0.3 is 6.09 Å². The monoisotopic (exact) mass is 242 g/mol. The predicted octanol–water partition coefficient (Wildman–Crippen LogP) is 0.193. The van der Waals surface area contributed by atoms with E-state index < -0.39 is 17.6 Å². The number of hydrogen-bond acceptors (Lipinski definition) is 6. The second-order valence-corrected chi connectivity index (χ2v) is 4.23. The van der Waals surface area contributed by atoms with E-state index in [1.54, 1.807) is 20.8 Å². The third-order valence-electron chi connectivity index (χ3n) is 1.47. The highest BCUT2D eigenvalue weighted by molar-refractivity contribution is 5.88. The molecule has 0 radical (unpaired) electrons. The molecule has 0 spiro atoms. The number of hydrogen-bond donors (Lipinski definition) is 2. The number of carbonyl (C=O) groups is 2. The number of ether oxygens (including phenoxy) is 1. The Morgan fingerprint density at radius 1 is 1.47 bits per heavy atom. The molecule has 0 aliphatic rings. The van der Waals surface area contributed by atoms with Crippen molar-refractivity contribution in [3.8, 4) is 0 Å². The minimum absolute atomic E-state index is 0.0325. The Bertz CT molecular complexity index is 421. The van der Waals surface area contributed by atoms with Crippen molar-refractivity contribution in [2.24, 2.45) is 5.73 Å². The number of primary amides is 1. The molecule has 1 rings (SSSR count). The van der Waals surface area contributed by atoms with Gasteiger partial charge in [-0.15, -0.1) is 0 Å². The number of nitrogens with two attached hydrogens (primary N) is 1. The van der Waals surface area contributed by atoms with Gasteiger partial charge in [-0.2, -0.15) is 4.98 Å². The lowest BCUT2D eigenvalue weighted by molar-refractivity contribution is 0.0517. The van der Waals surface area contributed by atoms with Crippen LogP contribution in [-0.4, -0.2) is 27.7 Å². The van der Waals surface area contributed by atoms with Crippen LogP contribution in [0, 0.1) is 0 Å². The van der Waals surface area contributed by atoms with Crippen LogP contribution in [0.3, 0.4) is 0 Å². The first-order valence-electron chi connectivity index (χ1n) is 4.87. The average Bonchev–Trinajstić information content (AvgIpc) is 2.60. The molecular formula is C9H14N4O4. The van der Waals surface area contributed by atoms with Gasteiger partial charge in [0.15, 0.2) is 0 Å². The number of nitrogens with zero attached hydrogens (tertiary/aromatic N) is 2. The van der Waals surface area contributed by atoms with Gasteiger partial charge < -0.3 is 20.3 Å². The summed E-state index contributed by atoms with van der Waals surface area (Å²) >= 11 is 0. The molecular weight excluding hydrogens is 228 g/mol. The molecule has 94 valence electrons. The lowest BCUT2D eigenvalue weighted by atomic mass is 10.2. The summed E-state index contributed by atoms with van der Waals surface area (Å²) in [4.78, 5) is 25.6. The van der Waals surface area contributed by atoms with Crippen molar-refractivity contribution in [1.29, 1.82) is 0 Å². The van der Waals surface area contributed by atoms with Crippen molar-refractivity contribution >= 4 is 12.0 Å². The summed E-state index contributed by atoms with van der Waals surface area (Å²) in [6.07, 6.45) is -0.615. The first-order valence-corrected chi connectivity index (χ1v) is 4.87. The molecule has 0 fully saturated rings. The number of carbonyl (C=O) groups excluding carboxylic acids is 2. The summed E-state index contributed by atoms with van der Waals surface area (Å²) in [5.74, 6) is -0.951. The molecule has 17 heavy (non-hydrogen) atoms. The van der Waals surface area contributed by atoms with E-state index in [1.165, 1.54) is 0 Å². The summed E-state index contributed by atoms with van der Waals surface area (Å²) in [7, 11) is 0. The lowest BCUT2D eigenvalue weighted by Gasteiger charge is -2.19. The maximum Gasteiger partial charge on any atom is 0.408 e. The van der Waals surface area contributed by atoms with Crippen molar-refractivity contribution in [3.05, 3.63) is 11.7 Å². The van der Waals surface area contributed by atoms with E-state index in [0.29, 0.717) is 0 Å². The molecule has 0 saturated heterocycles. The zero-order valence-corrected chi connectivity index (χ0v) is 9.81. The first-order chi connectivity index (χ1) is 7.78. The summed E-state index contributed by atoms with van der Waals surface area (Å²) in [6.45, 7) is 5.19. The molecule has 0 saturated carbocycles. The van der Waals surface area contributed by atoms with Crippen molar-refractivity contribution in [2.75, 3.05) is 0 Å². The van der Waals surface area contributed by atoms with Crippen molar-refractivity contribution in [3.63, 3.8) is 0 Å². The number of alkyl carbamates (subject to hydrolysis) is 1. The average molecular weight is 242 g/mol. The highest BCUT2D eigenvalue weighted by Gasteiger charge is 2.17. The molecule has 0 aliphatic heterocycles. The van der Waals surface area contributed by atoms with Gasteiger partial charge in [0.05, 0.1) is 0 Å². The molecule has 8 nitrogen and oxygen atoms in total. The molecule has 0 bridgehead atoms. The van der Waals surface area contributed by atoms with Gasteiger partial charge in [-0.3, -0.25) is 4.79 Å². The Balaban J connectivity index is 2.45. The topological polar surface area (TPSA) is 120 Å². The minimum atomic E-state index is -0.794. The van der Waals surface area contributed by atoms with Crippen LogP contribution in [-0.2, 0) is 11.3 Å². The highest BCUT2D eigenvalue weighted by atomic mass is 16.6. The van der Waals surface area contributed by atoms with Gasteiger partial charge in [-0.1, -0.05) is 5.16 Å². The number of amides is 2. The molecule has 8 heteroatoms. The zero-order chi connectivity index (χ0) is 13.1. The Kier molecular flexibility index (Phi) is 3.66. The summed E-state index contributed by atoms with van der Waals surface area (Å²) < 4.78 is 9.66. The van der Waals surface area contributed by atoms with Gasteiger partial charge in [0, 0.05) is 0 Å². The fourth-order valence-electron chi connectivity index (χ4n) is 0.889. The third-order valence-corrected chi connectivity index (χ3v) is 1.47. The molecule has 0 aliphatic carbocycles. The van der Waals surface area contributed by atoms with Crippen LogP contribution < -0.4 is 11.1 Å². The van der Waals surface area contributed by atoms with E-state index in [4.69, 9.17) is 10.5 Å². The molecule has 1 heterocycles. The smallest absolute Gasteiger partial charge is 0.408 e. The van der Waals surface area contributed by atoms with E-state index in [-0.39, 0.29) is 18.3 Å². The predicted molar refractivity (Wildman–Crippen MR) is 55.9 cm³/mol. The largest absolute Gasteiger partial charge is 0.444 e. The Labute approximate surface area is 97.5 Å². The minimum Gasteiger partial charge on any atom is -0.444 e. The van der Waals surface area contributed by atoms with E-state index in [2.05, 4.69) is 20.0 Å². The molecule has 3 N–H and O–H groups in total.